The molecule has 70 valence electrons. The molecule has 1 saturated heterocycles. The Labute approximate surface area is 74.6 Å². The van der Waals surface area contributed by atoms with Gasteiger partial charge in [0.15, 0.2) is 6.04 Å². The van der Waals surface area contributed by atoms with Crippen LogP contribution in [0.5, 0.6) is 0 Å². The number of hydrogen-bond donors (Lipinski definition) is 3. The van der Waals surface area contributed by atoms with Gasteiger partial charge in [-0.3, -0.25) is 19.9 Å². The van der Waals surface area contributed by atoms with Gasteiger partial charge in [-0.05, 0) is 6.92 Å². The molecule has 0 aliphatic carbocycles. The van der Waals surface area contributed by atoms with Crippen molar-refractivity contribution in [1.82, 2.24) is 10.6 Å². The zero-order valence-electron chi connectivity index (χ0n) is 7.07. The molecule has 13 heavy (non-hydrogen) atoms. The van der Waals surface area contributed by atoms with E-state index in [0.717, 1.165) is 0 Å². The summed E-state index contributed by atoms with van der Waals surface area (Å²) in [6, 6.07) is -0.999. The van der Waals surface area contributed by atoms with Crippen LogP contribution in [0.15, 0.2) is 4.99 Å². The van der Waals surface area contributed by atoms with Gasteiger partial charge in [0.25, 0.3) is 5.91 Å². The molecule has 2 aliphatic rings. The number of fused-ring (bicyclic) bond motifs is 1. The number of nitrogens with zero attached hydrogens (tertiary/aromatic N) is 1. The number of carbonyl (C=O) groups is 2. The molecule has 0 bridgehead atoms. The second-order valence-corrected chi connectivity index (χ2v) is 3.47. The number of carbonyl (C=O) groups excluding carboxylic acids is 2. The van der Waals surface area contributed by atoms with Crippen LogP contribution < -0.4 is 16.4 Å². The minimum absolute atomic E-state index is 0.390. The third-order valence-corrected chi connectivity index (χ3v) is 2.45. The Morgan fingerprint density at radius 2 is 2.31 bits per heavy atom. The highest BCUT2D eigenvalue weighted by Crippen LogP contribution is 2.20. The van der Waals surface area contributed by atoms with Gasteiger partial charge in [0.2, 0.25) is 5.91 Å². The second-order valence-electron chi connectivity index (χ2n) is 3.47. The Hall–Kier alpha value is -1.43. The number of nitrogens with one attached hydrogen (secondary N) is 2. The maximum absolute atomic E-state index is 11.3. The molecule has 6 nitrogen and oxygen atoms in total. The van der Waals surface area contributed by atoms with E-state index >= 15 is 0 Å². The maximum atomic E-state index is 11.3. The van der Waals surface area contributed by atoms with E-state index in [1.54, 1.807) is 6.92 Å². The zero-order chi connectivity index (χ0) is 9.64. The summed E-state index contributed by atoms with van der Waals surface area (Å²) in [4.78, 5) is 26.4. The lowest BCUT2D eigenvalue weighted by Crippen LogP contribution is -2.72. The first-order chi connectivity index (χ1) is 6.03. The highest BCUT2D eigenvalue weighted by atomic mass is 16.2. The van der Waals surface area contributed by atoms with Crippen molar-refractivity contribution in [2.24, 2.45) is 10.7 Å². The minimum atomic E-state index is -1.09. The molecule has 0 aromatic heterocycles. The second kappa shape index (κ2) is 2.29. The first kappa shape index (κ1) is 8.18. The highest BCUT2D eigenvalue weighted by Gasteiger charge is 2.51. The van der Waals surface area contributed by atoms with Crippen molar-refractivity contribution in [2.45, 2.75) is 24.5 Å². The standard InChI is InChI=1S/C7H10N4O2/c1-7(8)4-3(9-2-10-4)5(12)11-6(7)13/h2-4H,8H2,1H3,(H,9,10)(H,11,12,13). The van der Waals surface area contributed by atoms with Crippen LogP contribution in [0.25, 0.3) is 0 Å². The Bertz CT molecular complexity index is 310. The van der Waals surface area contributed by atoms with Crippen LogP contribution in [0.2, 0.25) is 0 Å². The summed E-state index contributed by atoms with van der Waals surface area (Å²) in [6.45, 7) is 1.58. The predicted molar refractivity (Wildman–Crippen MR) is 44.9 cm³/mol. The van der Waals surface area contributed by atoms with Crippen LogP contribution in [0.1, 0.15) is 6.92 Å². The Morgan fingerprint density at radius 3 is 3.00 bits per heavy atom. The molecule has 2 amide bonds. The van der Waals surface area contributed by atoms with E-state index in [2.05, 4.69) is 15.6 Å². The number of amides is 2. The van der Waals surface area contributed by atoms with E-state index in [0.29, 0.717) is 0 Å². The molecule has 1 fully saturated rings. The molecule has 0 aromatic rings. The van der Waals surface area contributed by atoms with Crippen molar-refractivity contribution in [3.63, 3.8) is 0 Å². The third-order valence-electron chi connectivity index (χ3n) is 2.45. The summed E-state index contributed by atoms with van der Waals surface area (Å²) in [7, 11) is 0. The molecule has 4 N–H and O–H groups in total. The summed E-state index contributed by atoms with van der Waals surface area (Å²) in [5.41, 5.74) is 4.67. The Kier molecular flexibility index (Phi) is 1.44. The van der Waals surface area contributed by atoms with Gasteiger partial charge in [0.05, 0.1) is 12.4 Å². The third kappa shape index (κ3) is 0.951. The van der Waals surface area contributed by atoms with Gasteiger partial charge in [0, 0.05) is 0 Å². The SMILES string of the molecule is CC1(N)C(=O)NC(=O)C2N=CNC21. The maximum Gasteiger partial charge on any atom is 0.253 e. The molecule has 2 rings (SSSR count). The van der Waals surface area contributed by atoms with Crippen molar-refractivity contribution < 1.29 is 9.59 Å². The van der Waals surface area contributed by atoms with Crippen LogP contribution in [-0.4, -0.2) is 35.8 Å². The molecule has 3 atom stereocenters. The van der Waals surface area contributed by atoms with Crippen LogP contribution in [0.4, 0.5) is 0 Å². The largest absolute Gasteiger partial charge is 0.369 e. The molecule has 0 spiro atoms. The quantitative estimate of drug-likeness (QED) is 0.368. The number of nitrogens with two attached hydrogens (primary N) is 1. The van der Waals surface area contributed by atoms with E-state index in [-0.39, 0.29) is 5.91 Å². The molecular formula is C7H10N4O2. The number of rotatable bonds is 0. The summed E-state index contributed by atoms with van der Waals surface area (Å²) in [6.07, 6.45) is 1.42. The van der Waals surface area contributed by atoms with Gasteiger partial charge in [-0.25, -0.2) is 0 Å². The number of piperidine rings is 1. The topological polar surface area (TPSA) is 96.6 Å². The molecular weight excluding hydrogens is 172 g/mol. The lowest BCUT2D eigenvalue weighted by molar-refractivity contribution is -0.138. The molecule has 6 heteroatoms. The van der Waals surface area contributed by atoms with E-state index in [9.17, 15) is 9.59 Å². The molecule has 2 heterocycles. The van der Waals surface area contributed by atoms with Crippen molar-refractivity contribution in [2.75, 3.05) is 0 Å². The summed E-state index contributed by atoms with van der Waals surface area (Å²) in [5, 5.41) is 5.00. The van der Waals surface area contributed by atoms with Gasteiger partial charge >= 0.3 is 0 Å². The Morgan fingerprint density at radius 1 is 1.62 bits per heavy atom. The van der Waals surface area contributed by atoms with Crippen molar-refractivity contribution in [3.05, 3.63) is 0 Å². The fourth-order valence-electron chi connectivity index (χ4n) is 1.56. The summed E-state index contributed by atoms with van der Waals surface area (Å²) < 4.78 is 0. The normalized spacial score (nSPS) is 42.6. The monoisotopic (exact) mass is 182 g/mol. The van der Waals surface area contributed by atoms with Crippen LogP contribution >= 0.6 is 0 Å². The number of imide groups is 1. The van der Waals surface area contributed by atoms with E-state index in [4.69, 9.17) is 5.73 Å². The first-order valence-electron chi connectivity index (χ1n) is 3.95. The Balaban J connectivity index is 2.36. The molecule has 3 unspecified atom stereocenters. The van der Waals surface area contributed by atoms with Crippen molar-refractivity contribution in [1.29, 1.82) is 0 Å². The smallest absolute Gasteiger partial charge is 0.253 e. The fraction of sp³-hybridized carbons (Fsp3) is 0.571. The van der Waals surface area contributed by atoms with E-state index in [1.807, 2.05) is 0 Å². The number of hydrogen-bond acceptors (Lipinski definition) is 5. The molecule has 0 aromatic carbocycles. The van der Waals surface area contributed by atoms with Gasteiger partial charge < -0.3 is 11.1 Å². The fourth-order valence-corrected chi connectivity index (χ4v) is 1.56. The van der Waals surface area contributed by atoms with Gasteiger partial charge in [-0.15, -0.1) is 0 Å². The van der Waals surface area contributed by atoms with E-state index < -0.39 is 23.5 Å². The van der Waals surface area contributed by atoms with Gasteiger partial charge in [-0.1, -0.05) is 0 Å². The van der Waals surface area contributed by atoms with Crippen LogP contribution in [0.3, 0.4) is 0 Å². The van der Waals surface area contributed by atoms with Crippen LogP contribution in [0, 0.1) is 0 Å². The zero-order valence-corrected chi connectivity index (χ0v) is 7.07. The van der Waals surface area contributed by atoms with Crippen molar-refractivity contribution in [3.8, 4) is 0 Å². The summed E-state index contributed by atoms with van der Waals surface area (Å²) in [5.74, 6) is -0.851. The highest BCUT2D eigenvalue weighted by molar-refractivity contribution is 6.07. The molecule has 0 radical (unpaired) electrons. The van der Waals surface area contributed by atoms with Gasteiger partial charge in [0.1, 0.15) is 5.54 Å². The summed E-state index contributed by atoms with van der Waals surface area (Å²) >= 11 is 0. The average Bonchev–Trinajstić information content (AvgIpc) is 2.49. The molecule has 2 aliphatic heterocycles. The first-order valence-corrected chi connectivity index (χ1v) is 3.95. The lowest BCUT2D eigenvalue weighted by Gasteiger charge is -2.36. The lowest BCUT2D eigenvalue weighted by atomic mass is 9.84. The van der Waals surface area contributed by atoms with Crippen LogP contribution in [-0.2, 0) is 9.59 Å². The minimum Gasteiger partial charge on any atom is -0.369 e. The van der Waals surface area contributed by atoms with Gasteiger partial charge in [-0.2, -0.15) is 0 Å². The van der Waals surface area contributed by atoms with E-state index in [1.165, 1.54) is 6.34 Å². The molecule has 0 saturated carbocycles. The van der Waals surface area contributed by atoms with Crippen molar-refractivity contribution >= 4 is 18.2 Å². The number of aliphatic imine (C=N–C) groups is 1. The predicted octanol–water partition coefficient (Wildman–Crippen LogP) is -2.27. The average molecular weight is 182 g/mol.